The van der Waals surface area contributed by atoms with Crippen molar-refractivity contribution in [1.29, 1.82) is 0 Å². The van der Waals surface area contributed by atoms with Crippen LogP contribution in [0.25, 0.3) is 11.5 Å². The number of sulfone groups is 1. The van der Waals surface area contributed by atoms with E-state index < -0.39 is 9.84 Å². The number of amides is 1. The van der Waals surface area contributed by atoms with Crippen molar-refractivity contribution >= 4 is 15.7 Å². The SMILES string of the molecule is Cc1cccc(-c2nc(CS(=O)(=O)CCC(=O)N(C)C)no2)c1. The summed E-state index contributed by atoms with van der Waals surface area (Å²) in [4.78, 5) is 17.0. The minimum absolute atomic E-state index is 0.0576. The van der Waals surface area contributed by atoms with E-state index in [1.807, 2.05) is 31.2 Å². The maximum Gasteiger partial charge on any atom is 0.257 e. The zero-order chi connectivity index (χ0) is 17.0. The molecule has 2 aromatic rings. The summed E-state index contributed by atoms with van der Waals surface area (Å²) in [6.07, 6.45) is -0.0576. The van der Waals surface area contributed by atoms with Crippen LogP contribution in [0.4, 0.5) is 0 Å². The quantitative estimate of drug-likeness (QED) is 0.792. The average Bonchev–Trinajstić information content (AvgIpc) is 2.92. The molecule has 0 N–H and O–H groups in total. The smallest absolute Gasteiger partial charge is 0.257 e. The lowest BCUT2D eigenvalue weighted by molar-refractivity contribution is -0.128. The largest absolute Gasteiger partial charge is 0.349 e. The lowest BCUT2D eigenvalue weighted by atomic mass is 10.1. The maximum absolute atomic E-state index is 12.0. The van der Waals surface area contributed by atoms with E-state index in [9.17, 15) is 13.2 Å². The van der Waals surface area contributed by atoms with Gasteiger partial charge in [-0.25, -0.2) is 8.42 Å². The molecular formula is C15H19N3O4S. The Labute approximate surface area is 135 Å². The second kappa shape index (κ2) is 6.91. The normalized spacial score (nSPS) is 11.4. The molecule has 1 aromatic carbocycles. The monoisotopic (exact) mass is 337 g/mol. The van der Waals surface area contributed by atoms with Gasteiger partial charge in [0.1, 0.15) is 5.75 Å². The molecule has 0 aliphatic heterocycles. The van der Waals surface area contributed by atoms with Crippen LogP contribution >= 0.6 is 0 Å². The summed E-state index contributed by atoms with van der Waals surface area (Å²) in [5, 5.41) is 3.71. The van der Waals surface area contributed by atoms with Gasteiger partial charge in [0, 0.05) is 26.1 Å². The third kappa shape index (κ3) is 4.88. The number of carbonyl (C=O) groups excluding carboxylic acids is 1. The van der Waals surface area contributed by atoms with E-state index in [4.69, 9.17) is 4.52 Å². The molecular weight excluding hydrogens is 318 g/mol. The second-order valence-electron chi connectivity index (χ2n) is 5.52. The van der Waals surface area contributed by atoms with Crippen LogP contribution in [0.2, 0.25) is 0 Å². The van der Waals surface area contributed by atoms with Gasteiger partial charge in [0.25, 0.3) is 5.89 Å². The van der Waals surface area contributed by atoms with Crippen LogP contribution < -0.4 is 0 Å². The summed E-state index contributed by atoms with van der Waals surface area (Å²) in [6, 6.07) is 7.49. The molecule has 1 aromatic heterocycles. The highest BCUT2D eigenvalue weighted by atomic mass is 32.2. The number of benzene rings is 1. The fraction of sp³-hybridized carbons (Fsp3) is 0.400. The van der Waals surface area contributed by atoms with Gasteiger partial charge in [-0.15, -0.1) is 0 Å². The van der Waals surface area contributed by atoms with Gasteiger partial charge in [-0.05, 0) is 19.1 Å². The van der Waals surface area contributed by atoms with Crippen molar-refractivity contribution in [2.45, 2.75) is 19.1 Å². The molecule has 124 valence electrons. The Morgan fingerprint density at radius 2 is 2.04 bits per heavy atom. The van der Waals surface area contributed by atoms with E-state index in [0.29, 0.717) is 0 Å². The van der Waals surface area contributed by atoms with Crippen LogP contribution in [0.15, 0.2) is 28.8 Å². The van der Waals surface area contributed by atoms with Gasteiger partial charge in [0.2, 0.25) is 5.91 Å². The standard InChI is InChI=1S/C15H19N3O4S/c1-11-5-4-6-12(9-11)15-16-13(17-22-15)10-23(20,21)8-7-14(19)18(2)3/h4-6,9H,7-8,10H2,1-3H3. The molecule has 0 bridgehead atoms. The van der Waals surface area contributed by atoms with Crippen molar-refractivity contribution in [3.63, 3.8) is 0 Å². The minimum Gasteiger partial charge on any atom is -0.349 e. The van der Waals surface area contributed by atoms with Crippen LogP contribution in [0, 0.1) is 6.92 Å². The molecule has 0 saturated heterocycles. The first-order valence-electron chi connectivity index (χ1n) is 7.07. The van der Waals surface area contributed by atoms with Crippen LogP contribution in [0.5, 0.6) is 0 Å². The molecule has 0 unspecified atom stereocenters. The Bertz CT molecular complexity index is 797. The number of carbonyl (C=O) groups is 1. The lowest BCUT2D eigenvalue weighted by Gasteiger charge is -2.09. The van der Waals surface area contributed by atoms with Crippen LogP contribution in [0.3, 0.4) is 0 Å². The van der Waals surface area contributed by atoms with E-state index in [2.05, 4.69) is 10.1 Å². The van der Waals surface area contributed by atoms with Crippen molar-refractivity contribution in [3.8, 4) is 11.5 Å². The number of rotatable bonds is 6. The van der Waals surface area contributed by atoms with E-state index in [-0.39, 0.29) is 35.5 Å². The predicted molar refractivity (Wildman–Crippen MR) is 85.3 cm³/mol. The van der Waals surface area contributed by atoms with Crippen molar-refractivity contribution < 1.29 is 17.7 Å². The first-order valence-corrected chi connectivity index (χ1v) is 8.89. The minimum atomic E-state index is -3.47. The number of aryl methyl sites for hydroxylation is 1. The summed E-state index contributed by atoms with van der Waals surface area (Å²) in [7, 11) is -0.302. The molecule has 7 nitrogen and oxygen atoms in total. The fourth-order valence-electron chi connectivity index (χ4n) is 1.94. The molecule has 0 aliphatic carbocycles. The third-order valence-corrected chi connectivity index (χ3v) is 4.73. The molecule has 1 heterocycles. The van der Waals surface area contributed by atoms with Gasteiger partial charge < -0.3 is 9.42 Å². The molecule has 0 saturated carbocycles. The summed E-state index contributed by atoms with van der Waals surface area (Å²) in [5.74, 6) is -0.439. The Balaban J connectivity index is 2.05. The fourth-order valence-corrected chi connectivity index (χ4v) is 3.08. The van der Waals surface area contributed by atoms with Crippen molar-refractivity contribution in [2.24, 2.45) is 0 Å². The molecule has 0 fully saturated rings. The van der Waals surface area contributed by atoms with Crippen LogP contribution in [-0.2, 0) is 20.4 Å². The second-order valence-corrected chi connectivity index (χ2v) is 7.70. The summed E-state index contributed by atoms with van der Waals surface area (Å²) in [6.45, 7) is 1.94. The summed E-state index contributed by atoms with van der Waals surface area (Å²) >= 11 is 0. The van der Waals surface area contributed by atoms with Gasteiger partial charge in [0.15, 0.2) is 15.7 Å². The summed E-state index contributed by atoms with van der Waals surface area (Å²) in [5.41, 5.74) is 1.78. The zero-order valence-electron chi connectivity index (χ0n) is 13.3. The van der Waals surface area contributed by atoms with Gasteiger partial charge in [-0.1, -0.05) is 22.9 Å². The van der Waals surface area contributed by atoms with E-state index in [1.54, 1.807) is 14.1 Å². The number of hydrogen-bond acceptors (Lipinski definition) is 6. The van der Waals surface area contributed by atoms with E-state index >= 15 is 0 Å². The van der Waals surface area contributed by atoms with Gasteiger partial charge in [-0.2, -0.15) is 4.98 Å². The van der Waals surface area contributed by atoms with Crippen LogP contribution in [0.1, 0.15) is 17.8 Å². The third-order valence-electron chi connectivity index (χ3n) is 3.21. The lowest BCUT2D eigenvalue weighted by Crippen LogP contribution is -2.24. The molecule has 0 atom stereocenters. The molecule has 2 rings (SSSR count). The predicted octanol–water partition coefficient (Wildman–Crippen LogP) is 1.44. The zero-order valence-corrected chi connectivity index (χ0v) is 14.1. The molecule has 0 spiro atoms. The Hall–Kier alpha value is -2.22. The van der Waals surface area contributed by atoms with E-state index in [1.165, 1.54) is 4.90 Å². The highest BCUT2D eigenvalue weighted by molar-refractivity contribution is 7.90. The Kier molecular flexibility index (Phi) is 5.15. The molecule has 0 aliphatic rings. The van der Waals surface area contributed by atoms with Crippen LogP contribution in [-0.4, -0.2) is 49.2 Å². The average molecular weight is 337 g/mol. The Morgan fingerprint density at radius 3 is 2.70 bits per heavy atom. The molecule has 8 heteroatoms. The molecule has 23 heavy (non-hydrogen) atoms. The number of aromatic nitrogens is 2. The number of hydrogen-bond donors (Lipinski definition) is 0. The van der Waals surface area contributed by atoms with Crippen molar-refractivity contribution in [2.75, 3.05) is 19.8 Å². The Morgan fingerprint density at radius 1 is 1.30 bits per heavy atom. The van der Waals surface area contributed by atoms with E-state index in [0.717, 1.165) is 11.1 Å². The number of nitrogens with zero attached hydrogens (tertiary/aromatic N) is 3. The first kappa shape index (κ1) is 17.1. The summed E-state index contributed by atoms with van der Waals surface area (Å²) < 4.78 is 29.2. The highest BCUT2D eigenvalue weighted by Crippen LogP contribution is 2.19. The first-order chi connectivity index (χ1) is 10.8. The van der Waals surface area contributed by atoms with Gasteiger partial charge in [0.05, 0.1) is 5.75 Å². The van der Waals surface area contributed by atoms with Gasteiger partial charge in [-0.3, -0.25) is 4.79 Å². The van der Waals surface area contributed by atoms with Crippen molar-refractivity contribution in [1.82, 2.24) is 15.0 Å². The molecule has 0 radical (unpaired) electrons. The maximum atomic E-state index is 12.0. The van der Waals surface area contributed by atoms with Crippen molar-refractivity contribution in [3.05, 3.63) is 35.7 Å². The highest BCUT2D eigenvalue weighted by Gasteiger charge is 2.19. The topological polar surface area (TPSA) is 93.4 Å². The molecule has 1 amide bonds. The van der Waals surface area contributed by atoms with Gasteiger partial charge >= 0.3 is 0 Å².